The van der Waals surface area contributed by atoms with Crippen molar-refractivity contribution in [1.29, 1.82) is 0 Å². The predicted octanol–water partition coefficient (Wildman–Crippen LogP) is 3.88. The molecule has 2 heteroatoms. The zero-order valence-electron chi connectivity index (χ0n) is 10.6. The minimum Gasteiger partial charge on any atom is -0.481 e. The topological polar surface area (TPSA) is 37.3 Å². The Morgan fingerprint density at radius 3 is 2.61 bits per heavy atom. The number of hydrogen-bond donors (Lipinski definition) is 1. The van der Waals surface area contributed by atoms with Crippen LogP contribution in [-0.4, -0.2) is 11.1 Å². The van der Waals surface area contributed by atoms with E-state index in [1.807, 2.05) is 31.2 Å². The Labute approximate surface area is 107 Å². The van der Waals surface area contributed by atoms with E-state index >= 15 is 0 Å². The van der Waals surface area contributed by atoms with E-state index in [1.54, 1.807) is 0 Å². The molecular formula is C16H18O2. The number of carboxylic acids is 1. The molecule has 1 N–H and O–H groups in total. The highest BCUT2D eigenvalue weighted by Crippen LogP contribution is 2.23. The smallest absolute Gasteiger partial charge is 0.306 e. The monoisotopic (exact) mass is 242 g/mol. The molecule has 0 fully saturated rings. The molecule has 1 atom stereocenters. The summed E-state index contributed by atoms with van der Waals surface area (Å²) in [4.78, 5) is 11.2. The maximum atomic E-state index is 11.2. The molecule has 0 bridgehead atoms. The van der Waals surface area contributed by atoms with Crippen LogP contribution in [0, 0.1) is 5.92 Å². The van der Waals surface area contributed by atoms with Crippen molar-refractivity contribution >= 4 is 16.7 Å². The van der Waals surface area contributed by atoms with E-state index in [0.717, 1.165) is 18.4 Å². The van der Waals surface area contributed by atoms with Crippen molar-refractivity contribution in [3.8, 4) is 0 Å². The highest BCUT2D eigenvalue weighted by molar-refractivity contribution is 5.86. The number of rotatable bonds is 5. The highest BCUT2D eigenvalue weighted by Gasteiger charge is 2.17. The third-order valence-electron chi connectivity index (χ3n) is 3.33. The van der Waals surface area contributed by atoms with E-state index in [9.17, 15) is 9.90 Å². The van der Waals surface area contributed by atoms with E-state index in [1.165, 1.54) is 10.8 Å². The molecule has 0 aliphatic rings. The molecule has 1 unspecified atom stereocenters. The van der Waals surface area contributed by atoms with Crippen LogP contribution >= 0.6 is 0 Å². The van der Waals surface area contributed by atoms with Crippen LogP contribution in [0.2, 0.25) is 0 Å². The van der Waals surface area contributed by atoms with E-state index in [2.05, 4.69) is 18.2 Å². The van der Waals surface area contributed by atoms with Gasteiger partial charge in [-0.2, -0.15) is 0 Å². The number of hydrogen-bond acceptors (Lipinski definition) is 1. The fourth-order valence-electron chi connectivity index (χ4n) is 2.40. The van der Waals surface area contributed by atoms with E-state index in [0.29, 0.717) is 6.42 Å². The lowest BCUT2D eigenvalue weighted by molar-refractivity contribution is -0.141. The second-order valence-electron chi connectivity index (χ2n) is 4.67. The minimum absolute atomic E-state index is 0.277. The first-order chi connectivity index (χ1) is 8.72. The van der Waals surface area contributed by atoms with Gasteiger partial charge in [0, 0.05) is 0 Å². The molecule has 18 heavy (non-hydrogen) atoms. The van der Waals surface area contributed by atoms with Gasteiger partial charge >= 0.3 is 5.97 Å². The summed E-state index contributed by atoms with van der Waals surface area (Å²) in [5, 5.41) is 11.6. The Balaban J connectivity index is 2.33. The van der Waals surface area contributed by atoms with Crippen molar-refractivity contribution in [3.05, 3.63) is 48.0 Å². The fraction of sp³-hybridized carbons (Fsp3) is 0.312. The quantitative estimate of drug-likeness (QED) is 0.863. The lowest BCUT2D eigenvalue weighted by Gasteiger charge is -2.13. The van der Waals surface area contributed by atoms with Gasteiger partial charge in [-0.3, -0.25) is 4.79 Å². The van der Waals surface area contributed by atoms with Crippen LogP contribution in [0.1, 0.15) is 25.3 Å². The Hall–Kier alpha value is -1.83. The number of carboxylic acid groups (broad SMARTS) is 1. The molecule has 0 aromatic heterocycles. The van der Waals surface area contributed by atoms with E-state index < -0.39 is 5.97 Å². The Kier molecular flexibility index (Phi) is 3.98. The molecule has 2 aromatic rings. The van der Waals surface area contributed by atoms with Crippen molar-refractivity contribution < 1.29 is 9.90 Å². The lowest BCUT2D eigenvalue weighted by Crippen LogP contribution is -2.16. The summed E-state index contributed by atoms with van der Waals surface area (Å²) < 4.78 is 0. The SMILES string of the molecule is CCCC(Cc1cccc2ccccc12)C(=O)O. The zero-order valence-corrected chi connectivity index (χ0v) is 10.6. The fourth-order valence-corrected chi connectivity index (χ4v) is 2.40. The van der Waals surface area contributed by atoms with Crippen LogP contribution in [0.4, 0.5) is 0 Å². The molecular weight excluding hydrogens is 224 g/mol. The van der Waals surface area contributed by atoms with Gasteiger partial charge in [0.1, 0.15) is 0 Å². The van der Waals surface area contributed by atoms with Gasteiger partial charge in [0.2, 0.25) is 0 Å². The Morgan fingerprint density at radius 1 is 1.17 bits per heavy atom. The van der Waals surface area contributed by atoms with Gasteiger partial charge in [-0.25, -0.2) is 0 Å². The van der Waals surface area contributed by atoms with Crippen LogP contribution in [-0.2, 0) is 11.2 Å². The molecule has 0 radical (unpaired) electrons. The van der Waals surface area contributed by atoms with Crippen LogP contribution in [0.15, 0.2) is 42.5 Å². The summed E-state index contributed by atoms with van der Waals surface area (Å²) in [7, 11) is 0. The molecule has 0 aliphatic carbocycles. The molecule has 94 valence electrons. The molecule has 2 nitrogen and oxygen atoms in total. The van der Waals surface area contributed by atoms with Crippen LogP contribution < -0.4 is 0 Å². The maximum absolute atomic E-state index is 11.2. The molecule has 0 saturated heterocycles. The van der Waals surface area contributed by atoms with E-state index in [4.69, 9.17) is 0 Å². The molecule has 0 spiro atoms. The summed E-state index contributed by atoms with van der Waals surface area (Å²) in [6.45, 7) is 2.03. The van der Waals surface area contributed by atoms with Crippen molar-refractivity contribution in [1.82, 2.24) is 0 Å². The first-order valence-corrected chi connectivity index (χ1v) is 6.41. The molecule has 0 amide bonds. The number of aliphatic carboxylic acids is 1. The molecule has 0 saturated carbocycles. The summed E-state index contributed by atoms with van der Waals surface area (Å²) in [6, 6.07) is 14.2. The third kappa shape index (κ3) is 2.70. The summed E-state index contributed by atoms with van der Waals surface area (Å²) in [5.41, 5.74) is 1.13. The van der Waals surface area contributed by atoms with Gasteiger partial charge in [-0.05, 0) is 29.2 Å². The van der Waals surface area contributed by atoms with Crippen LogP contribution in [0.5, 0.6) is 0 Å². The second kappa shape index (κ2) is 5.67. The second-order valence-corrected chi connectivity index (χ2v) is 4.67. The largest absolute Gasteiger partial charge is 0.481 e. The Morgan fingerprint density at radius 2 is 1.89 bits per heavy atom. The van der Waals surface area contributed by atoms with Gasteiger partial charge < -0.3 is 5.11 Å². The first-order valence-electron chi connectivity index (χ1n) is 6.41. The lowest BCUT2D eigenvalue weighted by atomic mass is 9.92. The van der Waals surface area contributed by atoms with Crippen molar-refractivity contribution in [2.45, 2.75) is 26.2 Å². The molecule has 2 aromatic carbocycles. The molecule has 0 aliphatic heterocycles. The van der Waals surface area contributed by atoms with Gasteiger partial charge in [0.15, 0.2) is 0 Å². The van der Waals surface area contributed by atoms with Crippen molar-refractivity contribution in [2.75, 3.05) is 0 Å². The predicted molar refractivity (Wildman–Crippen MR) is 73.7 cm³/mol. The maximum Gasteiger partial charge on any atom is 0.306 e. The normalized spacial score (nSPS) is 12.5. The van der Waals surface area contributed by atoms with Crippen LogP contribution in [0.3, 0.4) is 0 Å². The van der Waals surface area contributed by atoms with Crippen molar-refractivity contribution in [3.63, 3.8) is 0 Å². The summed E-state index contributed by atoms with van der Waals surface area (Å²) >= 11 is 0. The van der Waals surface area contributed by atoms with Crippen LogP contribution in [0.25, 0.3) is 10.8 Å². The third-order valence-corrected chi connectivity index (χ3v) is 3.33. The minimum atomic E-state index is -0.690. The number of fused-ring (bicyclic) bond motifs is 1. The Bertz CT molecular complexity index is 540. The highest BCUT2D eigenvalue weighted by atomic mass is 16.4. The number of carbonyl (C=O) groups is 1. The molecule has 2 rings (SSSR count). The average Bonchev–Trinajstić information content (AvgIpc) is 2.38. The number of benzene rings is 2. The van der Waals surface area contributed by atoms with Crippen molar-refractivity contribution in [2.24, 2.45) is 5.92 Å². The van der Waals surface area contributed by atoms with Gasteiger partial charge in [-0.1, -0.05) is 55.8 Å². The summed E-state index contributed by atoms with van der Waals surface area (Å²) in [6.07, 6.45) is 2.25. The van der Waals surface area contributed by atoms with Gasteiger partial charge in [0.05, 0.1) is 5.92 Å². The standard InChI is InChI=1S/C16H18O2/c1-2-6-14(16(17)18)11-13-9-5-8-12-7-3-4-10-15(12)13/h3-5,7-10,14H,2,6,11H2,1H3,(H,17,18). The molecule has 0 heterocycles. The zero-order chi connectivity index (χ0) is 13.0. The van der Waals surface area contributed by atoms with Gasteiger partial charge in [-0.15, -0.1) is 0 Å². The first kappa shape index (κ1) is 12.6. The average molecular weight is 242 g/mol. The van der Waals surface area contributed by atoms with E-state index in [-0.39, 0.29) is 5.92 Å². The van der Waals surface area contributed by atoms with Gasteiger partial charge in [0.25, 0.3) is 0 Å². The summed E-state index contributed by atoms with van der Waals surface area (Å²) in [5.74, 6) is -0.967.